The number of hydrogen-bond donors (Lipinski definition) is 1. The maximum atomic E-state index is 13.3. The Balaban J connectivity index is 1.60. The third-order valence-electron chi connectivity index (χ3n) is 5.36. The minimum Gasteiger partial charge on any atom is -0.489 e. The van der Waals surface area contributed by atoms with Crippen LogP contribution in [0.3, 0.4) is 0 Å². The molecule has 1 atom stereocenters. The van der Waals surface area contributed by atoms with Crippen LogP contribution in [0.2, 0.25) is 0 Å². The summed E-state index contributed by atoms with van der Waals surface area (Å²) in [4.78, 5) is 39.1. The number of hydrogen-bond acceptors (Lipinski definition) is 5. The predicted molar refractivity (Wildman–Crippen MR) is 125 cm³/mol. The van der Waals surface area contributed by atoms with Crippen molar-refractivity contribution in [1.82, 2.24) is 10.2 Å². The average molecular weight is 453 g/mol. The molecule has 0 aromatic heterocycles. The highest BCUT2D eigenvalue weighted by atomic mass is 16.6. The van der Waals surface area contributed by atoms with Crippen LogP contribution in [-0.2, 0) is 16.1 Å². The number of ether oxygens (including phenoxy) is 2. The number of carbonyl (C=O) groups excluding carboxylic acids is 3. The molecule has 1 aliphatic heterocycles. The minimum absolute atomic E-state index is 0.0835. The van der Waals surface area contributed by atoms with Crippen molar-refractivity contribution in [3.05, 3.63) is 65.2 Å². The van der Waals surface area contributed by atoms with Crippen LogP contribution in [0.4, 0.5) is 4.79 Å². The van der Waals surface area contributed by atoms with Gasteiger partial charge in [0.05, 0.1) is 6.04 Å². The topological polar surface area (TPSA) is 84.9 Å². The zero-order valence-corrected chi connectivity index (χ0v) is 19.7. The van der Waals surface area contributed by atoms with Crippen molar-refractivity contribution in [2.75, 3.05) is 13.1 Å². The van der Waals surface area contributed by atoms with Crippen LogP contribution in [0.15, 0.2) is 48.5 Å². The molecule has 2 aromatic rings. The van der Waals surface area contributed by atoms with Gasteiger partial charge in [-0.25, -0.2) is 4.79 Å². The van der Waals surface area contributed by atoms with Gasteiger partial charge in [-0.1, -0.05) is 30.3 Å². The summed E-state index contributed by atoms with van der Waals surface area (Å²) in [5.74, 6) is 0.513. The molecule has 1 heterocycles. The van der Waals surface area contributed by atoms with Gasteiger partial charge < -0.3 is 19.7 Å². The molecule has 1 N–H and O–H groups in total. The number of nitrogens with one attached hydrogen (secondary N) is 1. The Morgan fingerprint density at radius 2 is 1.85 bits per heavy atom. The van der Waals surface area contributed by atoms with E-state index in [1.165, 1.54) is 0 Å². The van der Waals surface area contributed by atoms with Crippen molar-refractivity contribution in [3.8, 4) is 5.75 Å². The molecule has 3 rings (SSSR count). The lowest BCUT2D eigenvalue weighted by Crippen LogP contribution is -2.44. The summed E-state index contributed by atoms with van der Waals surface area (Å²) in [5.41, 5.74) is 1.85. The van der Waals surface area contributed by atoms with E-state index in [1.807, 2.05) is 43.3 Å². The van der Waals surface area contributed by atoms with Gasteiger partial charge in [-0.05, 0) is 63.4 Å². The van der Waals surface area contributed by atoms with Gasteiger partial charge >= 0.3 is 6.09 Å². The molecule has 1 unspecified atom stereocenters. The molecule has 33 heavy (non-hydrogen) atoms. The highest BCUT2D eigenvalue weighted by molar-refractivity contribution is 6.04. The van der Waals surface area contributed by atoms with Gasteiger partial charge in [-0.2, -0.15) is 0 Å². The monoisotopic (exact) mass is 452 g/mol. The highest BCUT2D eigenvalue weighted by Gasteiger charge is 2.36. The number of rotatable bonds is 8. The summed E-state index contributed by atoms with van der Waals surface area (Å²) in [7, 11) is 0. The molecular formula is C26H32N2O5. The number of Topliss-reactive ketones (excluding diaryl/α,β-unsaturated/α-hetero) is 1. The number of carbonyl (C=O) groups is 3. The van der Waals surface area contributed by atoms with Crippen LogP contribution < -0.4 is 10.1 Å². The van der Waals surface area contributed by atoms with Crippen molar-refractivity contribution in [2.24, 2.45) is 0 Å². The Hall–Kier alpha value is -3.35. The maximum absolute atomic E-state index is 13.3. The quantitative estimate of drug-likeness (QED) is 0.605. The van der Waals surface area contributed by atoms with Crippen LogP contribution in [0.25, 0.3) is 0 Å². The third-order valence-corrected chi connectivity index (χ3v) is 5.36. The van der Waals surface area contributed by atoms with E-state index < -0.39 is 17.7 Å². The summed E-state index contributed by atoms with van der Waals surface area (Å²) in [6.45, 7) is 8.14. The molecule has 7 nitrogen and oxygen atoms in total. The normalized spacial score (nSPS) is 15.9. The van der Waals surface area contributed by atoms with Crippen molar-refractivity contribution in [1.29, 1.82) is 0 Å². The number of likely N-dealkylation sites (tertiary alicyclic amines) is 1. The lowest BCUT2D eigenvalue weighted by Gasteiger charge is -2.25. The van der Waals surface area contributed by atoms with E-state index in [1.54, 1.807) is 37.8 Å². The van der Waals surface area contributed by atoms with E-state index in [9.17, 15) is 14.4 Å². The molecule has 176 valence electrons. The lowest BCUT2D eigenvalue weighted by molar-refractivity contribution is -0.128. The molecule has 0 saturated carbocycles. The second kappa shape index (κ2) is 10.5. The highest BCUT2D eigenvalue weighted by Crippen LogP contribution is 2.26. The molecule has 0 spiro atoms. The van der Waals surface area contributed by atoms with E-state index in [4.69, 9.17) is 9.47 Å². The van der Waals surface area contributed by atoms with Crippen LogP contribution in [0.1, 0.15) is 55.1 Å². The Kier molecular flexibility index (Phi) is 7.74. The number of ketones is 1. The number of benzene rings is 2. The minimum atomic E-state index is -0.597. The zero-order valence-electron chi connectivity index (χ0n) is 19.7. The largest absolute Gasteiger partial charge is 0.489 e. The molecule has 0 aliphatic carbocycles. The van der Waals surface area contributed by atoms with Gasteiger partial charge in [-0.15, -0.1) is 0 Å². The van der Waals surface area contributed by atoms with Crippen LogP contribution >= 0.6 is 0 Å². The van der Waals surface area contributed by atoms with E-state index in [0.717, 1.165) is 11.1 Å². The molecule has 1 fully saturated rings. The lowest BCUT2D eigenvalue weighted by atomic mass is 9.98. The smallest absolute Gasteiger partial charge is 0.407 e. The first-order valence-corrected chi connectivity index (χ1v) is 11.2. The molecule has 1 saturated heterocycles. The first-order chi connectivity index (χ1) is 15.6. The van der Waals surface area contributed by atoms with Crippen molar-refractivity contribution in [3.63, 3.8) is 0 Å². The van der Waals surface area contributed by atoms with Gasteiger partial charge in [-0.3, -0.25) is 9.59 Å². The average Bonchev–Trinajstić information content (AvgIpc) is 3.12. The molecule has 1 aliphatic rings. The van der Waals surface area contributed by atoms with E-state index in [0.29, 0.717) is 30.8 Å². The Morgan fingerprint density at radius 1 is 1.12 bits per heavy atom. The number of amides is 2. The SMILES string of the molecule is Cc1cc(OCc2ccccc2)ccc1C(=O)C1CCC(=O)N1CCNC(=O)OC(C)(C)C. The zero-order chi connectivity index (χ0) is 24.0. The summed E-state index contributed by atoms with van der Waals surface area (Å²) < 4.78 is 11.1. The Labute approximate surface area is 195 Å². The van der Waals surface area contributed by atoms with Crippen LogP contribution in [0.5, 0.6) is 5.75 Å². The molecule has 0 bridgehead atoms. The fourth-order valence-electron chi connectivity index (χ4n) is 3.80. The van der Waals surface area contributed by atoms with Crippen LogP contribution in [-0.4, -0.2) is 47.4 Å². The Bertz CT molecular complexity index is 997. The first-order valence-electron chi connectivity index (χ1n) is 11.2. The van der Waals surface area contributed by atoms with Crippen molar-refractivity contribution >= 4 is 17.8 Å². The third kappa shape index (κ3) is 6.81. The van der Waals surface area contributed by atoms with Gasteiger partial charge in [0.1, 0.15) is 18.0 Å². The fourth-order valence-corrected chi connectivity index (χ4v) is 3.80. The number of aryl methyl sites for hydroxylation is 1. The van der Waals surface area contributed by atoms with E-state index in [-0.39, 0.29) is 24.8 Å². The summed E-state index contributed by atoms with van der Waals surface area (Å²) in [6, 6.07) is 14.7. The molecule has 2 aromatic carbocycles. The molecular weight excluding hydrogens is 420 g/mol. The first kappa shape index (κ1) is 24.3. The van der Waals surface area contributed by atoms with Gasteiger partial charge in [0.15, 0.2) is 5.78 Å². The number of nitrogens with zero attached hydrogens (tertiary/aromatic N) is 1. The fraction of sp³-hybridized carbons (Fsp3) is 0.423. The van der Waals surface area contributed by atoms with Crippen molar-refractivity contribution < 1.29 is 23.9 Å². The summed E-state index contributed by atoms with van der Waals surface area (Å²) in [6.07, 6.45) is 0.245. The second-order valence-electron chi connectivity index (χ2n) is 9.19. The predicted octanol–water partition coefficient (Wildman–Crippen LogP) is 4.27. The molecule has 0 radical (unpaired) electrons. The summed E-state index contributed by atoms with van der Waals surface area (Å²) in [5, 5.41) is 2.65. The van der Waals surface area contributed by atoms with Crippen molar-refractivity contribution in [2.45, 2.75) is 58.8 Å². The second-order valence-corrected chi connectivity index (χ2v) is 9.19. The Morgan fingerprint density at radius 3 is 2.52 bits per heavy atom. The molecule has 2 amide bonds. The van der Waals surface area contributed by atoms with Gasteiger partial charge in [0.2, 0.25) is 5.91 Å². The van der Waals surface area contributed by atoms with Gasteiger partial charge in [0.25, 0.3) is 0 Å². The molecule has 7 heteroatoms. The summed E-state index contributed by atoms with van der Waals surface area (Å²) >= 11 is 0. The van der Waals surface area contributed by atoms with E-state index in [2.05, 4.69) is 5.32 Å². The van der Waals surface area contributed by atoms with Crippen LogP contribution in [0, 0.1) is 6.92 Å². The maximum Gasteiger partial charge on any atom is 0.407 e. The van der Waals surface area contributed by atoms with E-state index >= 15 is 0 Å². The van der Waals surface area contributed by atoms with Gasteiger partial charge in [0, 0.05) is 25.1 Å². The number of alkyl carbamates (subject to hydrolysis) is 1. The standard InChI is InChI=1S/C26H32N2O5/c1-18-16-20(32-17-19-8-6-5-7-9-19)10-11-21(18)24(30)22-12-13-23(29)28(22)15-14-27-25(31)33-26(2,3)4/h5-11,16,22H,12-15,17H2,1-4H3,(H,27,31).